The van der Waals surface area contributed by atoms with E-state index in [1.807, 2.05) is 6.07 Å². The van der Waals surface area contributed by atoms with Gasteiger partial charge in [0.05, 0.1) is 6.54 Å². The zero-order chi connectivity index (χ0) is 16.2. The van der Waals surface area contributed by atoms with Gasteiger partial charge in [0, 0.05) is 16.0 Å². The summed E-state index contributed by atoms with van der Waals surface area (Å²) in [7, 11) is 0. The minimum absolute atomic E-state index is 0.0835. The minimum atomic E-state index is -0.496. The van der Waals surface area contributed by atoms with E-state index in [9.17, 15) is 4.79 Å². The van der Waals surface area contributed by atoms with Crippen molar-refractivity contribution in [1.29, 1.82) is 0 Å². The second-order valence-corrected chi connectivity index (χ2v) is 7.87. The van der Waals surface area contributed by atoms with E-state index in [1.54, 1.807) is 11.3 Å². The van der Waals surface area contributed by atoms with Crippen molar-refractivity contribution in [2.75, 3.05) is 11.4 Å². The number of anilines is 1. The van der Waals surface area contributed by atoms with Crippen LogP contribution in [-0.2, 0) is 10.2 Å². The molecule has 1 aromatic heterocycles. The summed E-state index contributed by atoms with van der Waals surface area (Å²) < 4.78 is 0. The Bertz CT molecular complexity index is 807. The van der Waals surface area contributed by atoms with Crippen LogP contribution in [0.15, 0.2) is 41.8 Å². The number of carbonyl (C=O) groups is 1. The van der Waals surface area contributed by atoms with Crippen molar-refractivity contribution in [2.24, 2.45) is 0 Å². The minimum Gasteiger partial charge on any atom is -0.335 e. The molecule has 0 bridgehead atoms. The van der Waals surface area contributed by atoms with E-state index in [2.05, 4.69) is 72.8 Å². The molecule has 0 aliphatic carbocycles. The van der Waals surface area contributed by atoms with Crippen LogP contribution in [0.1, 0.15) is 29.9 Å². The monoisotopic (exact) mass is 324 g/mol. The molecule has 1 fully saturated rings. The van der Waals surface area contributed by atoms with E-state index < -0.39 is 5.66 Å². The van der Waals surface area contributed by atoms with Crippen molar-refractivity contribution in [3.8, 4) is 0 Å². The van der Waals surface area contributed by atoms with Crippen molar-refractivity contribution < 1.29 is 4.79 Å². The molecule has 2 aliphatic rings. The highest BCUT2D eigenvalue weighted by Crippen LogP contribution is 2.53. The van der Waals surface area contributed by atoms with Gasteiger partial charge in [0.25, 0.3) is 0 Å². The van der Waals surface area contributed by atoms with E-state index in [4.69, 9.17) is 0 Å². The number of fused-ring (bicyclic) bond motifs is 3. The average Bonchev–Trinajstić information content (AvgIpc) is 3.16. The highest BCUT2D eigenvalue weighted by atomic mass is 32.1. The van der Waals surface area contributed by atoms with Gasteiger partial charge in [-0.05, 0) is 42.2 Å². The highest BCUT2D eigenvalue weighted by Gasteiger charge is 2.59. The Morgan fingerprint density at radius 1 is 1.30 bits per heavy atom. The molecule has 2 aromatic rings. The SMILES string of the molecule is Cc1ccc2c(c1)C(C)(C)[C@]1(/C=C/c3cccs3)NC(=O)CN21. The Morgan fingerprint density at radius 3 is 2.87 bits per heavy atom. The lowest BCUT2D eigenvalue weighted by Gasteiger charge is -2.40. The number of carbonyl (C=O) groups excluding carboxylic acids is 1. The first-order chi connectivity index (χ1) is 10.9. The summed E-state index contributed by atoms with van der Waals surface area (Å²) in [5.41, 5.74) is 3.02. The number of amides is 1. The number of rotatable bonds is 2. The Labute approximate surface area is 140 Å². The number of hydrogen-bond acceptors (Lipinski definition) is 3. The summed E-state index contributed by atoms with van der Waals surface area (Å²) >= 11 is 1.71. The molecule has 1 N–H and O–H groups in total. The Hall–Kier alpha value is -2.07. The molecule has 23 heavy (non-hydrogen) atoms. The molecule has 1 amide bonds. The van der Waals surface area contributed by atoms with Crippen LogP contribution in [0.3, 0.4) is 0 Å². The first kappa shape index (κ1) is 14.5. The fraction of sp³-hybridized carbons (Fsp3) is 0.316. The predicted molar refractivity (Wildman–Crippen MR) is 95.8 cm³/mol. The molecule has 3 nitrogen and oxygen atoms in total. The van der Waals surface area contributed by atoms with Gasteiger partial charge in [-0.15, -0.1) is 11.3 Å². The number of nitrogens with zero attached hydrogens (tertiary/aromatic N) is 1. The second kappa shape index (κ2) is 4.71. The Kier molecular flexibility index (Phi) is 2.97. The Morgan fingerprint density at radius 2 is 2.13 bits per heavy atom. The van der Waals surface area contributed by atoms with Gasteiger partial charge in [-0.3, -0.25) is 4.79 Å². The van der Waals surface area contributed by atoms with E-state index in [-0.39, 0.29) is 11.3 Å². The van der Waals surface area contributed by atoms with Crippen LogP contribution in [0.4, 0.5) is 5.69 Å². The lowest BCUT2D eigenvalue weighted by Crippen LogP contribution is -2.58. The number of hydrogen-bond donors (Lipinski definition) is 1. The summed E-state index contributed by atoms with van der Waals surface area (Å²) in [6, 6.07) is 10.7. The molecule has 2 aliphatic heterocycles. The fourth-order valence-electron chi connectivity index (χ4n) is 3.88. The molecule has 4 rings (SSSR count). The fourth-order valence-corrected chi connectivity index (χ4v) is 4.49. The topological polar surface area (TPSA) is 32.3 Å². The second-order valence-electron chi connectivity index (χ2n) is 6.90. The maximum Gasteiger partial charge on any atom is 0.241 e. The Balaban J connectivity index is 1.88. The van der Waals surface area contributed by atoms with Crippen molar-refractivity contribution in [1.82, 2.24) is 5.32 Å². The predicted octanol–water partition coefficient (Wildman–Crippen LogP) is 3.69. The third-order valence-corrected chi connectivity index (χ3v) is 6.00. The van der Waals surface area contributed by atoms with E-state index in [1.165, 1.54) is 16.0 Å². The van der Waals surface area contributed by atoms with Crippen LogP contribution in [0.5, 0.6) is 0 Å². The van der Waals surface area contributed by atoms with E-state index in [0.717, 1.165) is 5.69 Å². The van der Waals surface area contributed by atoms with Crippen LogP contribution in [0.25, 0.3) is 6.08 Å². The first-order valence-corrected chi connectivity index (χ1v) is 8.74. The third-order valence-electron chi connectivity index (χ3n) is 5.16. The lowest BCUT2D eigenvalue weighted by atomic mass is 9.75. The molecule has 1 aromatic carbocycles. The van der Waals surface area contributed by atoms with Crippen LogP contribution >= 0.6 is 11.3 Å². The lowest BCUT2D eigenvalue weighted by molar-refractivity contribution is -0.118. The summed E-state index contributed by atoms with van der Waals surface area (Å²) in [6.07, 6.45) is 4.29. The third kappa shape index (κ3) is 1.91. The zero-order valence-corrected chi connectivity index (χ0v) is 14.4. The maximum atomic E-state index is 12.2. The maximum absolute atomic E-state index is 12.2. The summed E-state index contributed by atoms with van der Waals surface area (Å²) in [5.74, 6) is 0.0835. The van der Waals surface area contributed by atoms with Crippen LogP contribution < -0.4 is 10.2 Å². The smallest absolute Gasteiger partial charge is 0.241 e. The molecule has 118 valence electrons. The molecular weight excluding hydrogens is 304 g/mol. The van der Waals surface area contributed by atoms with Gasteiger partial charge < -0.3 is 10.2 Å². The summed E-state index contributed by atoms with van der Waals surface area (Å²) in [5, 5.41) is 5.32. The molecular formula is C19H20N2OS. The van der Waals surface area contributed by atoms with Crippen LogP contribution in [0.2, 0.25) is 0 Å². The molecule has 1 saturated heterocycles. The number of aryl methyl sites for hydroxylation is 1. The van der Waals surface area contributed by atoms with Gasteiger partial charge in [-0.25, -0.2) is 0 Å². The van der Waals surface area contributed by atoms with E-state index in [0.29, 0.717) is 6.54 Å². The van der Waals surface area contributed by atoms with Gasteiger partial charge in [-0.2, -0.15) is 0 Å². The average molecular weight is 324 g/mol. The molecule has 0 unspecified atom stereocenters. The molecule has 0 spiro atoms. The standard InChI is InChI=1S/C19H20N2OS/c1-13-6-7-16-15(11-13)18(2,3)19(20-17(22)12-21(16)19)9-8-14-5-4-10-23-14/h4-11H,12H2,1-3H3,(H,20,22)/b9-8+/t19-/m1/s1. The van der Waals surface area contributed by atoms with Crippen LogP contribution in [0, 0.1) is 6.92 Å². The largest absolute Gasteiger partial charge is 0.335 e. The zero-order valence-electron chi connectivity index (χ0n) is 13.6. The number of thiophene rings is 1. The van der Waals surface area contributed by atoms with Gasteiger partial charge in [0.1, 0.15) is 5.66 Å². The van der Waals surface area contributed by atoms with E-state index >= 15 is 0 Å². The molecule has 1 atom stereocenters. The number of benzene rings is 1. The van der Waals surface area contributed by atoms with Gasteiger partial charge >= 0.3 is 0 Å². The summed E-state index contributed by atoms with van der Waals surface area (Å²) in [6.45, 7) is 6.96. The van der Waals surface area contributed by atoms with Crippen molar-refractivity contribution in [3.63, 3.8) is 0 Å². The quantitative estimate of drug-likeness (QED) is 0.913. The summed E-state index contributed by atoms with van der Waals surface area (Å²) in [4.78, 5) is 15.6. The van der Waals surface area contributed by atoms with Crippen LogP contribution in [-0.4, -0.2) is 18.1 Å². The van der Waals surface area contributed by atoms with Gasteiger partial charge in [0.15, 0.2) is 0 Å². The highest BCUT2D eigenvalue weighted by molar-refractivity contribution is 7.10. The number of nitrogens with one attached hydrogen (secondary N) is 1. The normalized spacial score (nSPS) is 24.8. The van der Waals surface area contributed by atoms with Crippen molar-refractivity contribution in [3.05, 3.63) is 57.8 Å². The molecule has 3 heterocycles. The molecule has 0 saturated carbocycles. The van der Waals surface area contributed by atoms with Gasteiger partial charge in [-0.1, -0.05) is 37.6 Å². The van der Waals surface area contributed by atoms with Crippen molar-refractivity contribution in [2.45, 2.75) is 31.8 Å². The van der Waals surface area contributed by atoms with Gasteiger partial charge in [0.2, 0.25) is 5.91 Å². The molecule has 0 radical (unpaired) electrons. The van der Waals surface area contributed by atoms with Crippen molar-refractivity contribution >= 4 is 29.0 Å². The first-order valence-electron chi connectivity index (χ1n) is 7.87. The molecule has 4 heteroatoms.